The molecule has 0 spiro atoms. The van der Waals surface area contributed by atoms with Crippen molar-refractivity contribution in [1.29, 1.82) is 0 Å². The van der Waals surface area contributed by atoms with Crippen LogP contribution in [0.25, 0.3) is 11.3 Å². The van der Waals surface area contributed by atoms with E-state index in [4.69, 9.17) is 5.73 Å². The molecule has 3 rings (SSSR count). The van der Waals surface area contributed by atoms with Crippen LogP contribution in [-0.2, 0) is 4.79 Å². The molecule has 1 aromatic heterocycles. The molecule has 6 heteroatoms. The Morgan fingerprint density at radius 1 is 1.24 bits per heavy atom. The summed E-state index contributed by atoms with van der Waals surface area (Å²) in [4.78, 5) is 30.1. The average Bonchev–Trinajstić information content (AvgIpc) is 3.03. The molecule has 25 heavy (non-hydrogen) atoms. The van der Waals surface area contributed by atoms with Crippen LogP contribution < -0.4 is 11.1 Å². The van der Waals surface area contributed by atoms with Crippen LogP contribution in [0, 0.1) is 0 Å². The highest BCUT2D eigenvalue weighted by Crippen LogP contribution is 2.19. The Bertz CT molecular complexity index is 776. The van der Waals surface area contributed by atoms with Crippen LogP contribution in [0.15, 0.2) is 42.5 Å². The molecule has 2 heterocycles. The molecule has 0 bridgehead atoms. The Morgan fingerprint density at radius 3 is 2.84 bits per heavy atom. The highest BCUT2D eigenvalue weighted by molar-refractivity contribution is 5.92. The van der Waals surface area contributed by atoms with E-state index in [2.05, 4.69) is 10.3 Å². The highest BCUT2D eigenvalue weighted by Gasteiger charge is 2.19. The number of benzene rings is 1. The van der Waals surface area contributed by atoms with Gasteiger partial charge in [0.25, 0.3) is 5.91 Å². The van der Waals surface area contributed by atoms with Crippen molar-refractivity contribution in [2.45, 2.75) is 19.3 Å². The fourth-order valence-corrected chi connectivity index (χ4v) is 2.92. The largest absolute Gasteiger partial charge is 0.399 e. The minimum atomic E-state index is -0.210. The van der Waals surface area contributed by atoms with Crippen molar-refractivity contribution in [3.05, 3.63) is 48.2 Å². The smallest absolute Gasteiger partial charge is 0.269 e. The molecule has 2 aromatic rings. The van der Waals surface area contributed by atoms with E-state index in [9.17, 15) is 9.59 Å². The number of nitrogen functional groups attached to an aromatic ring is 1. The number of amides is 2. The van der Waals surface area contributed by atoms with Crippen molar-refractivity contribution < 1.29 is 9.59 Å². The lowest BCUT2D eigenvalue weighted by atomic mass is 10.1. The molecule has 1 aliphatic heterocycles. The molecule has 1 saturated heterocycles. The van der Waals surface area contributed by atoms with Gasteiger partial charge in [-0.25, -0.2) is 4.98 Å². The van der Waals surface area contributed by atoms with Gasteiger partial charge in [0.15, 0.2) is 0 Å². The maximum Gasteiger partial charge on any atom is 0.269 e. The van der Waals surface area contributed by atoms with E-state index in [0.29, 0.717) is 36.6 Å². The molecule has 1 aromatic carbocycles. The van der Waals surface area contributed by atoms with Gasteiger partial charge in [0, 0.05) is 37.3 Å². The molecule has 6 nitrogen and oxygen atoms in total. The molecule has 0 aliphatic carbocycles. The van der Waals surface area contributed by atoms with Crippen LogP contribution in [0.2, 0.25) is 0 Å². The third kappa shape index (κ3) is 4.35. The molecular weight excluding hydrogens is 316 g/mol. The van der Waals surface area contributed by atoms with Crippen molar-refractivity contribution in [3.8, 4) is 11.3 Å². The number of likely N-dealkylation sites (tertiary alicyclic amines) is 1. The average molecular weight is 338 g/mol. The number of aromatic nitrogens is 1. The highest BCUT2D eigenvalue weighted by atomic mass is 16.2. The predicted molar refractivity (Wildman–Crippen MR) is 96.8 cm³/mol. The number of nitrogens with zero attached hydrogens (tertiary/aromatic N) is 2. The summed E-state index contributed by atoms with van der Waals surface area (Å²) < 4.78 is 0. The molecule has 3 N–H and O–H groups in total. The van der Waals surface area contributed by atoms with E-state index in [1.165, 1.54) is 0 Å². The zero-order valence-corrected chi connectivity index (χ0v) is 14.1. The number of hydrogen-bond donors (Lipinski definition) is 2. The summed E-state index contributed by atoms with van der Waals surface area (Å²) in [6.45, 7) is 2.04. The zero-order valence-electron chi connectivity index (χ0n) is 14.1. The first-order chi connectivity index (χ1) is 12.1. The van der Waals surface area contributed by atoms with Gasteiger partial charge in [-0.1, -0.05) is 18.2 Å². The SMILES string of the molecule is Nc1cccc(-c2cccc(C(=O)NCCCN3CCCC3=O)n2)c1. The maximum absolute atomic E-state index is 12.3. The topological polar surface area (TPSA) is 88.3 Å². The van der Waals surface area contributed by atoms with Gasteiger partial charge in [0.1, 0.15) is 5.69 Å². The predicted octanol–water partition coefficient (Wildman–Crippen LogP) is 2.07. The van der Waals surface area contributed by atoms with Gasteiger partial charge >= 0.3 is 0 Å². The van der Waals surface area contributed by atoms with Crippen molar-refractivity contribution >= 4 is 17.5 Å². The minimum absolute atomic E-state index is 0.210. The summed E-state index contributed by atoms with van der Waals surface area (Å²) in [7, 11) is 0. The molecule has 1 fully saturated rings. The molecular formula is C19H22N4O2. The molecule has 130 valence electrons. The third-order valence-corrected chi connectivity index (χ3v) is 4.23. The second-order valence-corrected chi connectivity index (χ2v) is 6.13. The van der Waals surface area contributed by atoms with Gasteiger partial charge in [-0.15, -0.1) is 0 Å². The van der Waals surface area contributed by atoms with E-state index in [-0.39, 0.29) is 11.8 Å². The Morgan fingerprint density at radius 2 is 2.08 bits per heavy atom. The number of carbonyl (C=O) groups is 2. The first-order valence-electron chi connectivity index (χ1n) is 8.52. The van der Waals surface area contributed by atoms with E-state index in [0.717, 1.165) is 24.9 Å². The molecule has 2 amide bonds. The second-order valence-electron chi connectivity index (χ2n) is 6.13. The summed E-state index contributed by atoms with van der Waals surface area (Å²) in [5, 5.41) is 2.86. The quantitative estimate of drug-likeness (QED) is 0.623. The lowest BCUT2D eigenvalue weighted by Crippen LogP contribution is -2.31. The normalized spacial score (nSPS) is 13.9. The van der Waals surface area contributed by atoms with Crippen LogP contribution in [0.1, 0.15) is 29.8 Å². The summed E-state index contributed by atoms with van der Waals surface area (Å²) in [5.74, 6) is 0.00123. The summed E-state index contributed by atoms with van der Waals surface area (Å²) >= 11 is 0. The summed E-state index contributed by atoms with van der Waals surface area (Å²) in [6.07, 6.45) is 2.32. The lowest BCUT2D eigenvalue weighted by Gasteiger charge is -2.15. The lowest BCUT2D eigenvalue weighted by molar-refractivity contribution is -0.127. The fraction of sp³-hybridized carbons (Fsp3) is 0.316. The second kappa shape index (κ2) is 7.79. The first kappa shape index (κ1) is 17.0. The van der Waals surface area contributed by atoms with Crippen molar-refractivity contribution in [2.75, 3.05) is 25.4 Å². The van der Waals surface area contributed by atoms with Gasteiger partial charge in [-0.05, 0) is 37.1 Å². The third-order valence-electron chi connectivity index (χ3n) is 4.23. The minimum Gasteiger partial charge on any atom is -0.399 e. The Hall–Kier alpha value is -2.89. The summed E-state index contributed by atoms with van der Waals surface area (Å²) in [5.41, 5.74) is 8.42. The van der Waals surface area contributed by atoms with Crippen LogP contribution in [-0.4, -0.2) is 41.3 Å². The van der Waals surface area contributed by atoms with Crippen LogP contribution in [0.5, 0.6) is 0 Å². The number of rotatable bonds is 6. The van der Waals surface area contributed by atoms with Crippen LogP contribution in [0.4, 0.5) is 5.69 Å². The van der Waals surface area contributed by atoms with Crippen LogP contribution >= 0.6 is 0 Å². The number of anilines is 1. The van der Waals surface area contributed by atoms with Crippen molar-refractivity contribution in [3.63, 3.8) is 0 Å². The molecule has 0 saturated carbocycles. The Balaban J connectivity index is 1.55. The Kier molecular flexibility index (Phi) is 5.28. The van der Waals surface area contributed by atoms with E-state index < -0.39 is 0 Å². The number of nitrogens with one attached hydrogen (secondary N) is 1. The number of hydrogen-bond acceptors (Lipinski definition) is 4. The van der Waals surface area contributed by atoms with Gasteiger partial charge in [0.2, 0.25) is 5.91 Å². The van der Waals surface area contributed by atoms with Crippen molar-refractivity contribution in [1.82, 2.24) is 15.2 Å². The summed E-state index contributed by atoms with van der Waals surface area (Å²) in [6, 6.07) is 12.8. The zero-order chi connectivity index (χ0) is 17.6. The fourth-order valence-electron chi connectivity index (χ4n) is 2.92. The number of nitrogens with two attached hydrogens (primary N) is 1. The first-order valence-corrected chi connectivity index (χ1v) is 8.52. The molecule has 0 radical (unpaired) electrons. The number of carbonyl (C=O) groups excluding carboxylic acids is 2. The van der Waals surface area contributed by atoms with Gasteiger partial charge in [-0.2, -0.15) is 0 Å². The molecule has 1 aliphatic rings. The van der Waals surface area contributed by atoms with E-state index in [1.54, 1.807) is 6.07 Å². The molecule has 0 atom stereocenters. The van der Waals surface area contributed by atoms with Crippen LogP contribution in [0.3, 0.4) is 0 Å². The number of pyridine rings is 1. The van der Waals surface area contributed by atoms with Gasteiger partial charge < -0.3 is 16.0 Å². The van der Waals surface area contributed by atoms with Gasteiger partial charge in [0.05, 0.1) is 5.69 Å². The van der Waals surface area contributed by atoms with E-state index in [1.807, 2.05) is 41.3 Å². The van der Waals surface area contributed by atoms with Crippen molar-refractivity contribution in [2.24, 2.45) is 0 Å². The van der Waals surface area contributed by atoms with E-state index >= 15 is 0 Å². The maximum atomic E-state index is 12.3. The monoisotopic (exact) mass is 338 g/mol. The molecule has 0 unspecified atom stereocenters. The Labute approximate surface area is 147 Å². The van der Waals surface area contributed by atoms with Gasteiger partial charge in [-0.3, -0.25) is 9.59 Å². The standard InChI is InChI=1S/C19H22N4O2/c20-15-6-1-5-14(13-15)16-7-2-8-17(22-16)19(25)21-10-4-12-23-11-3-9-18(23)24/h1-2,5-8,13H,3-4,9-12,20H2,(H,21,25).